The summed E-state index contributed by atoms with van der Waals surface area (Å²) in [7, 11) is 0. The van der Waals surface area contributed by atoms with Gasteiger partial charge in [0.1, 0.15) is 0 Å². The Hall–Kier alpha value is -0.960. The third kappa shape index (κ3) is 4.82. The number of benzene rings is 1. The second kappa shape index (κ2) is 7.38. The minimum absolute atomic E-state index is 0.201. The smallest absolute Gasteiger partial charge is 0.162 e. The molecule has 0 aliphatic heterocycles. The highest BCUT2D eigenvalue weighted by atomic mass is 32.2. The highest BCUT2D eigenvalue weighted by Gasteiger charge is 2.02. The van der Waals surface area contributed by atoms with E-state index in [1.165, 1.54) is 0 Å². The van der Waals surface area contributed by atoms with E-state index in [1.54, 1.807) is 0 Å². The van der Waals surface area contributed by atoms with Gasteiger partial charge < -0.3 is 5.32 Å². The van der Waals surface area contributed by atoms with Gasteiger partial charge in [-0.05, 0) is 36.9 Å². The minimum atomic E-state index is 0.201. The molecule has 2 nitrogen and oxygen atoms in total. The topological polar surface area (TPSA) is 29.1 Å². The fourth-order valence-corrected chi connectivity index (χ4v) is 1.87. The first-order chi connectivity index (χ1) is 8.17. The second-order valence-corrected chi connectivity index (χ2v) is 5.39. The lowest BCUT2D eigenvalue weighted by Gasteiger charge is -2.10. The van der Waals surface area contributed by atoms with Crippen molar-refractivity contribution in [3.05, 3.63) is 29.8 Å². The van der Waals surface area contributed by atoms with Gasteiger partial charge in [0.05, 0.1) is 0 Å². The molecule has 1 N–H and O–H groups in total. The van der Waals surface area contributed by atoms with Gasteiger partial charge in [-0.1, -0.05) is 13.8 Å². The molecule has 1 aromatic carbocycles. The Bertz CT molecular complexity index is 348. The lowest BCUT2D eigenvalue weighted by atomic mass is 10.1. The van der Waals surface area contributed by atoms with Gasteiger partial charge in [-0.15, -0.1) is 0 Å². The summed E-state index contributed by atoms with van der Waals surface area (Å²) in [4.78, 5) is 11.4. The van der Waals surface area contributed by atoms with Gasteiger partial charge >= 0.3 is 0 Å². The quantitative estimate of drug-likeness (QED) is 0.747. The molecular formula is C14H21NOS. The Morgan fingerprint density at radius 2 is 2.00 bits per heavy atom. The first-order valence-corrected chi connectivity index (χ1v) is 7.36. The van der Waals surface area contributed by atoms with Gasteiger partial charge in [0.25, 0.3) is 0 Å². The van der Waals surface area contributed by atoms with Gasteiger partial charge in [0.15, 0.2) is 5.78 Å². The Labute approximate surface area is 108 Å². The Balaban J connectivity index is 2.43. The zero-order chi connectivity index (χ0) is 12.7. The van der Waals surface area contributed by atoms with E-state index < -0.39 is 0 Å². The van der Waals surface area contributed by atoms with Gasteiger partial charge in [-0.2, -0.15) is 11.8 Å². The second-order valence-electron chi connectivity index (χ2n) is 4.12. The van der Waals surface area contributed by atoms with E-state index in [1.807, 2.05) is 43.0 Å². The maximum atomic E-state index is 11.4. The molecule has 0 radical (unpaired) electrons. The third-order valence-electron chi connectivity index (χ3n) is 2.81. The first kappa shape index (κ1) is 14.1. The van der Waals surface area contributed by atoms with E-state index in [0.717, 1.165) is 24.2 Å². The van der Waals surface area contributed by atoms with Crippen molar-refractivity contribution >= 4 is 23.2 Å². The molecule has 3 heteroatoms. The molecule has 0 aliphatic rings. The molecule has 0 heterocycles. The molecule has 0 fully saturated rings. The zero-order valence-electron chi connectivity index (χ0n) is 10.8. The average Bonchev–Trinajstić information content (AvgIpc) is 2.38. The number of thioether (sulfide) groups is 1. The van der Waals surface area contributed by atoms with Crippen LogP contribution >= 0.6 is 11.8 Å². The third-order valence-corrected chi connectivity index (χ3v) is 3.85. The summed E-state index contributed by atoms with van der Waals surface area (Å²) < 4.78 is 0. The molecule has 0 spiro atoms. The van der Waals surface area contributed by atoms with Crippen molar-refractivity contribution in [2.45, 2.75) is 31.9 Å². The predicted molar refractivity (Wildman–Crippen MR) is 77.1 cm³/mol. The molecule has 1 unspecified atom stereocenters. The van der Waals surface area contributed by atoms with Crippen LogP contribution in [0.25, 0.3) is 0 Å². The van der Waals surface area contributed by atoms with E-state index in [4.69, 9.17) is 0 Å². The Morgan fingerprint density at radius 3 is 2.53 bits per heavy atom. The number of rotatable bonds is 7. The lowest BCUT2D eigenvalue weighted by molar-refractivity contribution is 0.0988. The Morgan fingerprint density at radius 1 is 1.35 bits per heavy atom. The molecule has 1 atom stereocenters. The highest BCUT2D eigenvalue weighted by Crippen LogP contribution is 2.13. The molecule has 1 aromatic rings. The summed E-state index contributed by atoms with van der Waals surface area (Å²) in [5.74, 6) is 0.201. The van der Waals surface area contributed by atoms with Crippen molar-refractivity contribution in [1.82, 2.24) is 0 Å². The van der Waals surface area contributed by atoms with Gasteiger partial charge in [-0.25, -0.2) is 0 Å². The monoisotopic (exact) mass is 251 g/mol. The van der Waals surface area contributed by atoms with E-state index >= 15 is 0 Å². The number of carbonyl (C=O) groups excluding carboxylic acids is 1. The lowest BCUT2D eigenvalue weighted by Crippen LogP contribution is -2.07. The standard InChI is InChI=1S/C14H21NOS/c1-4-14(16)12-5-7-13(8-6-12)15-10-9-11(2)17-3/h5-8,11,15H,4,9-10H2,1-3H3. The van der Waals surface area contributed by atoms with Crippen molar-refractivity contribution in [3.63, 3.8) is 0 Å². The molecule has 0 saturated heterocycles. The summed E-state index contributed by atoms with van der Waals surface area (Å²) in [6, 6.07) is 7.75. The molecule has 94 valence electrons. The summed E-state index contributed by atoms with van der Waals surface area (Å²) in [5.41, 5.74) is 1.89. The maximum Gasteiger partial charge on any atom is 0.162 e. The average molecular weight is 251 g/mol. The molecule has 1 rings (SSSR count). The van der Waals surface area contributed by atoms with Crippen LogP contribution in [0.15, 0.2) is 24.3 Å². The van der Waals surface area contributed by atoms with Crippen molar-refractivity contribution in [1.29, 1.82) is 0 Å². The maximum absolute atomic E-state index is 11.4. The largest absolute Gasteiger partial charge is 0.385 e. The summed E-state index contributed by atoms with van der Waals surface area (Å²) >= 11 is 1.88. The van der Waals surface area contributed by atoms with Crippen LogP contribution in [0.1, 0.15) is 37.0 Å². The molecule has 0 saturated carbocycles. The number of hydrogen-bond donors (Lipinski definition) is 1. The number of hydrogen-bond acceptors (Lipinski definition) is 3. The van der Waals surface area contributed by atoms with Crippen LogP contribution < -0.4 is 5.32 Å². The van der Waals surface area contributed by atoms with Crippen LogP contribution in [0, 0.1) is 0 Å². The van der Waals surface area contributed by atoms with Crippen LogP contribution in [0.2, 0.25) is 0 Å². The van der Waals surface area contributed by atoms with Crippen LogP contribution in [0.3, 0.4) is 0 Å². The first-order valence-electron chi connectivity index (χ1n) is 6.07. The molecule has 17 heavy (non-hydrogen) atoms. The fourth-order valence-electron chi connectivity index (χ4n) is 1.52. The summed E-state index contributed by atoms with van der Waals surface area (Å²) in [6.07, 6.45) is 3.85. The predicted octanol–water partition coefficient (Wildman–Crippen LogP) is 3.83. The number of ketones is 1. The van der Waals surface area contributed by atoms with Crippen LogP contribution in [-0.2, 0) is 0 Å². The van der Waals surface area contributed by atoms with Crippen molar-refractivity contribution in [3.8, 4) is 0 Å². The van der Waals surface area contributed by atoms with E-state index in [2.05, 4.69) is 18.5 Å². The molecular weight excluding hydrogens is 230 g/mol. The number of Topliss-reactive ketones (excluding diaryl/α,β-unsaturated/α-hetero) is 1. The fraction of sp³-hybridized carbons (Fsp3) is 0.500. The Kier molecular flexibility index (Phi) is 6.12. The number of carbonyl (C=O) groups is 1. The molecule has 0 aliphatic carbocycles. The molecule has 0 bridgehead atoms. The summed E-state index contributed by atoms with van der Waals surface area (Å²) in [6.45, 7) is 5.09. The molecule has 0 amide bonds. The normalized spacial score (nSPS) is 12.2. The summed E-state index contributed by atoms with van der Waals surface area (Å²) in [5, 5.41) is 4.05. The SMILES string of the molecule is CCC(=O)c1ccc(NCCC(C)SC)cc1. The van der Waals surface area contributed by atoms with Gasteiger partial charge in [0.2, 0.25) is 0 Å². The van der Waals surface area contributed by atoms with Gasteiger partial charge in [-0.3, -0.25) is 4.79 Å². The van der Waals surface area contributed by atoms with E-state index in [9.17, 15) is 4.79 Å². The minimum Gasteiger partial charge on any atom is -0.385 e. The van der Waals surface area contributed by atoms with Crippen molar-refractivity contribution < 1.29 is 4.79 Å². The van der Waals surface area contributed by atoms with Crippen molar-refractivity contribution in [2.24, 2.45) is 0 Å². The molecule has 0 aromatic heterocycles. The van der Waals surface area contributed by atoms with E-state index in [0.29, 0.717) is 11.7 Å². The zero-order valence-corrected chi connectivity index (χ0v) is 11.6. The van der Waals surface area contributed by atoms with Crippen LogP contribution in [0.4, 0.5) is 5.69 Å². The van der Waals surface area contributed by atoms with Crippen molar-refractivity contribution in [2.75, 3.05) is 18.1 Å². The number of anilines is 1. The highest BCUT2D eigenvalue weighted by molar-refractivity contribution is 7.99. The number of nitrogens with one attached hydrogen (secondary N) is 1. The van der Waals surface area contributed by atoms with Crippen LogP contribution in [0.5, 0.6) is 0 Å². The van der Waals surface area contributed by atoms with Crippen LogP contribution in [-0.4, -0.2) is 23.8 Å². The van der Waals surface area contributed by atoms with Gasteiger partial charge in [0, 0.05) is 29.5 Å². The van der Waals surface area contributed by atoms with E-state index in [-0.39, 0.29) is 5.78 Å².